The maximum atomic E-state index is 12.7. The summed E-state index contributed by atoms with van der Waals surface area (Å²) in [6, 6.07) is 9.21. The van der Waals surface area contributed by atoms with Gasteiger partial charge in [-0.3, -0.25) is 9.48 Å². The topological polar surface area (TPSA) is 124 Å². The predicted octanol–water partition coefficient (Wildman–Crippen LogP) is 3.25. The lowest BCUT2D eigenvalue weighted by Crippen LogP contribution is -2.23. The largest absolute Gasteiger partial charge is 0.338 e. The molecule has 0 amide bonds. The number of fused-ring (bicyclic) bond motifs is 2. The molecule has 2 aliphatic rings. The van der Waals surface area contributed by atoms with Gasteiger partial charge in [0.2, 0.25) is 10.0 Å². The third kappa shape index (κ3) is 3.20. The van der Waals surface area contributed by atoms with E-state index in [9.17, 15) is 18.5 Å². The van der Waals surface area contributed by atoms with Gasteiger partial charge in [0, 0.05) is 25.0 Å². The summed E-state index contributed by atoms with van der Waals surface area (Å²) < 4.78 is 28.4. The maximum Gasteiger partial charge on any atom is 0.261 e. The highest BCUT2D eigenvalue weighted by atomic mass is 32.2. The smallest absolute Gasteiger partial charge is 0.261 e. The quantitative estimate of drug-likeness (QED) is 0.626. The summed E-state index contributed by atoms with van der Waals surface area (Å²) in [7, 11) is -3.45. The van der Waals surface area contributed by atoms with Crippen molar-refractivity contribution in [3.63, 3.8) is 0 Å². The Labute approximate surface area is 185 Å². The summed E-state index contributed by atoms with van der Waals surface area (Å²) in [5, 5.41) is 18.0. The molecule has 9 nitrogen and oxygen atoms in total. The summed E-state index contributed by atoms with van der Waals surface area (Å²) in [4.78, 5) is 15.7. The van der Waals surface area contributed by atoms with Crippen LogP contribution in [-0.4, -0.2) is 34.0 Å². The molecule has 1 fully saturated rings. The minimum atomic E-state index is -3.45. The number of hydrogen-bond acceptors (Lipinski definition) is 6. The second-order valence-corrected chi connectivity index (χ2v) is 10.2. The van der Waals surface area contributed by atoms with Gasteiger partial charge < -0.3 is 10.3 Å². The van der Waals surface area contributed by atoms with Crippen molar-refractivity contribution in [1.29, 1.82) is 5.26 Å². The highest BCUT2D eigenvalue weighted by Gasteiger charge is 2.34. The van der Waals surface area contributed by atoms with Gasteiger partial charge >= 0.3 is 0 Å². The zero-order valence-electron chi connectivity index (χ0n) is 17.7. The Morgan fingerprint density at radius 1 is 1.28 bits per heavy atom. The summed E-state index contributed by atoms with van der Waals surface area (Å²) in [5.74, 6) is 0.251. The fourth-order valence-electron chi connectivity index (χ4n) is 4.86. The molecule has 5 rings (SSSR count). The summed E-state index contributed by atoms with van der Waals surface area (Å²) in [5.41, 5.74) is 1.80. The lowest BCUT2D eigenvalue weighted by atomic mass is 9.85. The van der Waals surface area contributed by atoms with Gasteiger partial charge in [0.05, 0.1) is 28.4 Å². The lowest BCUT2D eigenvalue weighted by molar-refractivity contribution is 0.277. The molecule has 166 valence electrons. The van der Waals surface area contributed by atoms with Crippen molar-refractivity contribution in [3.8, 4) is 6.07 Å². The first-order chi connectivity index (χ1) is 15.4. The van der Waals surface area contributed by atoms with Crippen LogP contribution in [0.5, 0.6) is 0 Å². The average molecular weight is 453 g/mol. The van der Waals surface area contributed by atoms with E-state index < -0.39 is 10.0 Å². The van der Waals surface area contributed by atoms with E-state index in [4.69, 9.17) is 5.10 Å². The molecular weight excluding hydrogens is 428 g/mol. The van der Waals surface area contributed by atoms with Crippen LogP contribution in [0.2, 0.25) is 0 Å². The molecule has 1 saturated carbocycles. The van der Waals surface area contributed by atoms with E-state index in [1.54, 1.807) is 24.4 Å². The lowest BCUT2D eigenvalue weighted by Gasteiger charge is -2.27. The van der Waals surface area contributed by atoms with E-state index in [1.807, 2.05) is 17.7 Å². The number of benzene rings is 1. The molecule has 3 heterocycles. The molecule has 2 N–H and O–H groups in total. The van der Waals surface area contributed by atoms with Crippen LogP contribution >= 0.6 is 0 Å². The molecule has 0 unspecified atom stereocenters. The SMILES string of the molecule is CCN1Cc2cc(Nc3nn([C@H]4CCCC[C@@H]4C#N)c4cc[nH]c(=O)c34)ccc2S1(=O)=O. The Morgan fingerprint density at radius 2 is 2.09 bits per heavy atom. The van der Waals surface area contributed by atoms with Crippen molar-refractivity contribution in [2.24, 2.45) is 5.92 Å². The van der Waals surface area contributed by atoms with Crippen LogP contribution in [0.1, 0.15) is 44.2 Å². The van der Waals surface area contributed by atoms with Crippen molar-refractivity contribution in [2.75, 3.05) is 11.9 Å². The first-order valence-corrected chi connectivity index (χ1v) is 12.3. The van der Waals surface area contributed by atoms with Crippen LogP contribution in [0.3, 0.4) is 0 Å². The number of aromatic amines is 1. The summed E-state index contributed by atoms with van der Waals surface area (Å²) in [6.45, 7) is 2.55. The van der Waals surface area contributed by atoms with Gasteiger partial charge in [-0.15, -0.1) is 0 Å². The highest BCUT2D eigenvalue weighted by Crippen LogP contribution is 2.37. The number of H-pyrrole nitrogens is 1. The third-order valence-corrected chi connectivity index (χ3v) is 8.50. The molecule has 1 aromatic carbocycles. The Balaban J connectivity index is 1.57. The number of anilines is 2. The third-order valence-electron chi connectivity index (χ3n) is 6.48. The Morgan fingerprint density at radius 3 is 2.88 bits per heavy atom. The maximum absolute atomic E-state index is 12.7. The number of pyridine rings is 1. The van der Waals surface area contributed by atoms with Gasteiger partial charge in [-0.25, -0.2) is 8.42 Å². The van der Waals surface area contributed by atoms with E-state index in [0.29, 0.717) is 46.0 Å². The summed E-state index contributed by atoms with van der Waals surface area (Å²) >= 11 is 0. The van der Waals surface area contributed by atoms with Gasteiger partial charge in [0.15, 0.2) is 5.82 Å². The number of hydrogen-bond donors (Lipinski definition) is 2. The van der Waals surface area contributed by atoms with Gasteiger partial charge in [0.25, 0.3) is 5.56 Å². The number of nitriles is 1. The molecule has 0 saturated heterocycles. The van der Waals surface area contributed by atoms with E-state index in [0.717, 1.165) is 25.7 Å². The summed E-state index contributed by atoms with van der Waals surface area (Å²) in [6.07, 6.45) is 5.29. The van der Waals surface area contributed by atoms with E-state index in [1.165, 1.54) is 4.31 Å². The van der Waals surface area contributed by atoms with Crippen LogP contribution in [0.15, 0.2) is 40.2 Å². The van der Waals surface area contributed by atoms with Gasteiger partial charge in [-0.05, 0) is 42.7 Å². The molecular formula is C22H24N6O3S. The normalized spacial score (nSPS) is 22.5. The zero-order chi connectivity index (χ0) is 22.5. The highest BCUT2D eigenvalue weighted by molar-refractivity contribution is 7.89. The fraction of sp³-hybridized carbons (Fsp3) is 0.409. The van der Waals surface area contributed by atoms with Crippen LogP contribution in [0.4, 0.5) is 11.5 Å². The van der Waals surface area contributed by atoms with Gasteiger partial charge in [0.1, 0.15) is 5.39 Å². The second kappa shape index (κ2) is 7.76. The van der Waals surface area contributed by atoms with Crippen molar-refractivity contribution < 1.29 is 8.42 Å². The molecule has 0 spiro atoms. The minimum absolute atomic E-state index is 0.0862. The van der Waals surface area contributed by atoms with Crippen molar-refractivity contribution in [2.45, 2.75) is 50.1 Å². The number of sulfonamides is 1. The van der Waals surface area contributed by atoms with Crippen LogP contribution < -0.4 is 10.9 Å². The van der Waals surface area contributed by atoms with Crippen LogP contribution in [-0.2, 0) is 16.6 Å². The second-order valence-electron chi connectivity index (χ2n) is 8.33. The number of nitrogens with zero attached hydrogens (tertiary/aromatic N) is 4. The Kier molecular flexibility index (Phi) is 5.03. The predicted molar refractivity (Wildman–Crippen MR) is 120 cm³/mol. The van der Waals surface area contributed by atoms with Crippen molar-refractivity contribution in [1.82, 2.24) is 19.1 Å². The number of rotatable bonds is 4. The molecule has 3 aromatic rings. The van der Waals surface area contributed by atoms with E-state index >= 15 is 0 Å². The molecule has 2 atom stereocenters. The molecule has 0 radical (unpaired) electrons. The molecule has 2 aromatic heterocycles. The van der Waals surface area contributed by atoms with Crippen LogP contribution in [0.25, 0.3) is 10.9 Å². The number of aromatic nitrogens is 3. The van der Waals surface area contributed by atoms with Crippen LogP contribution in [0, 0.1) is 17.2 Å². The monoisotopic (exact) mass is 452 g/mol. The molecule has 1 aliphatic heterocycles. The zero-order valence-corrected chi connectivity index (χ0v) is 18.5. The molecule has 0 bridgehead atoms. The molecule has 32 heavy (non-hydrogen) atoms. The van der Waals surface area contributed by atoms with Gasteiger partial charge in [-0.1, -0.05) is 19.8 Å². The Hall–Kier alpha value is -3.16. The molecule has 10 heteroatoms. The Bertz CT molecular complexity index is 1400. The van der Waals surface area contributed by atoms with Crippen molar-refractivity contribution in [3.05, 3.63) is 46.4 Å². The average Bonchev–Trinajstić information content (AvgIpc) is 3.28. The standard InChI is InChI=1S/C22H24N6O3S/c1-2-27-13-15-11-16(7-8-19(15)32(27,30)31)25-21-20-18(9-10-24-22(20)29)28(26-21)17-6-4-3-5-14(17)12-23/h7-11,14,17H,2-6,13H2,1H3,(H,24,29)(H,25,26)/t14-,17+/m1/s1. The van der Waals surface area contributed by atoms with E-state index in [2.05, 4.69) is 16.4 Å². The van der Waals surface area contributed by atoms with E-state index in [-0.39, 0.29) is 17.5 Å². The van der Waals surface area contributed by atoms with Crippen molar-refractivity contribution >= 4 is 32.4 Å². The minimum Gasteiger partial charge on any atom is -0.338 e. The molecule has 1 aliphatic carbocycles. The number of nitrogens with one attached hydrogen (secondary N) is 2. The fourth-order valence-corrected chi connectivity index (χ4v) is 6.48. The van der Waals surface area contributed by atoms with Gasteiger partial charge in [-0.2, -0.15) is 14.7 Å². The first kappa shape index (κ1) is 20.7. The first-order valence-electron chi connectivity index (χ1n) is 10.8.